The standard InChI is InChI=1S/C19H21N3O5/c1-3-27-17-9-7-14(11-18(17)26-2)21-19(23)12-4-8-15(20-13-5-6-13)16(10-12)22(24)25/h4,7-11,13,20H,3,5-6H2,1-2H3,(H,21,23). The van der Waals surface area contributed by atoms with E-state index in [2.05, 4.69) is 10.6 Å². The summed E-state index contributed by atoms with van der Waals surface area (Å²) in [6.45, 7) is 2.36. The highest BCUT2D eigenvalue weighted by molar-refractivity contribution is 6.05. The molecule has 142 valence electrons. The van der Waals surface area contributed by atoms with Crippen LogP contribution in [0.1, 0.15) is 30.1 Å². The first kappa shape index (κ1) is 18.5. The van der Waals surface area contributed by atoms with Crippen LogP contribution in [0.3, 0.4) is 0 Å². The SMILES string of the molecule is CCOc1ccc(NC(=O)c2ccc(NC3CC3)c([N+](=O)[O-])c2)cc1OC. The van der Waals surface area contributed by atoms with Gasteiger partial charge in [-0.25, -0.2) is 0 Å². The lowest BCUT2D eigenvalue weighted by Gasteiger charge is -2.12. The quantitative estimate of drug-likeness (QED) is 0.540. The van der Waals surface area contributed by atoms with Gasteiger partial charge in [0.1, 0.15) is 5.69 Å². The number of hydrogen-bond acceptors (Lipinski definition) is 6. The van der Waals surface area contributed by atoms with Crippen LogP contribution >= 0.6 is 0 Å². The molecule has 27 heavy (non-hydrogen) atoms. The minimum absolute atomic E-state index is 0.112. The number of nitro benzene ring substituents is 1. The highest BCUT2D eigenvalue weighted by Crippen LogP contribution is 2.33. The maximum absolute atomic E-state index is 12.5. The third-order valence-corrected chi connectivity index (χ3v) is 4.11. The molecule has 2 N–H and O–H groups in total. The average molecular weight is 371 g/mol. The molecule has 0 unspecified atom stereocenters. The van der Waals surface area contributed by atoms with Crippen LogP contribution in [0, 0.1) is 10.1 Å². The number of rotatable bonds is 8. The van der Waals surface area contributed by atoms with Gasteiger partial charge in [-0.15, -0.1) is 0 Å². The lowest BCUT2D eigenvalue weighted by atomic mass is 10.1. The van der Waals surface area contributed by atoms with Crippen LogP contribution < -0.4 is 20.1 Å². The number of ether oxygens (including phenoxy) is 2. The van der Waals surface area contributed by atoms with E-state index in [1.54, 1.807) is 30.3 Å². The Balaban J connectivity index is 1.79. The Morgan fingerprint density at radius 1 is 1.22 bits per heavy atom. The Bertz CT molecular complexity index is 864. The molecule has 2 aromatic rings. The molecule has 0 radical (unpaired) electrons. The van der Waals surface area contributed by atoms with Crippen molar-refractivity contribution >= 4 is 23.0 Å². The van der Waals surface area contributed by atoms with Gasteiger partial charge in [0, 0.05) is 29.4 Å². The van der Waals surface area contributed by atoms with Gasteiger partial charge in [-0.1, -0.05) is 0 Å². The number of methoxy groups -OCH3 is 1. The molecule has 0 bridgehead atoms. The minimum atomic E-state index is -0.485. The summed E-state index contributed by atoms with van der Waals surface area (Å²) in [7, 11) is 1.51. The highest BCUT2D eigenvalue weighted by Gasteiger charge is 2.25. The lowest BCUT2D eigenvalue weighted by Crippen LogP contribution is -2.13. The summed E-state index contributed by atoms with van der Waals surface area (Å²) in [5.41, 5.74) is 1.03. The van der Waals surface area contributed by atoms with Gasteiger partial charge in [0.2, 0.25) is 0 Å². The van der Waals surface area contributed by atoms with Crippen molar-refractivity contribution in [3.63, 3.8) is 0 Å². The van der Waals surface area contributed by atoms with Gasteiger partial charge in [0.25, 0.3) is 11.6 Å². The van der Waals surface area contributed by atoms with E-state index in [-0.39, 0.29) is 17.3 Å². The minimum Gasteiger partial charge on any atom is -0.493 e. The zero-order valence-corrected chi connectivity index (χ0v) is 15.2. The summed E-state index contributed by atoms with van der Waals surface area (Å²) >= 11 is 0. The fourth-order valence-corrected chi connectivity index (χ4v) is 2.62. The van der Waals surface area contributed by atoms with Crippen molar-refractivity contribution in [2.24, 2.45) is 0 Å². The molecule has 1 amide bonds. The monoisotopic (exact) mass is 371 g/mol. The maximum atomic E-state index is 12.5. The fourth-order valence-electron chi connectivity index (χ4n) is 2.62. The molecule has 3 rings (SSSR count). The molecule has 1 fully saturated rings. The Kier molecular flexibility index (Phi) is 5.44. The predicted molar refractivity (Wildman–Crippen MR) is 102 cm³/mol. The predicted octanol–water partition coefficient (Wildman–Crippen LogP) is 3.83. The zero-order valence-electron chi connectivity index (χ0n) is 15.2. The number of carbonyl (C=O) groups excluding carboxylic acids is 1. The summed E-state index contributed by atoms with van der Waals surface area (Å²) in [6, 6.07) is 9.72. The van der Waals surface area contributed by atoms with E-state index in [4.69, 9.17) is 9.47 Å². The molecule has 0 heterocycles. The van der Waals surface area contributed by atoms with Gasteiger partial charge in [0.05, 0.1) is 18.6 Å². The van der Waals surface area contributed by atoms with E-state index < -0.39 is 10.8 Å². The first-order chi connectivity index (χ1) is 13.0. The number of nitrogens with zero attached hydrogens (tertiary/aromatic N) is 1. The smallest absolute Gasteiger partial charge is 0.293 e. The van der Waals surface area contributed by atoms with Crippen LogP contribution in [0.5, 0.6) is 11.5 Å². The Morgan fingerprint density at radius 2 is 2.00 bits per heavy atom. The van der Waals surface area contributed by atoms with Gasteiger partial charge in [-0.3, -0.25) is 14.9 Å². The van der Waals surface area contributed by atoms with Crippen LogP contribution in [-0.2, 0) is 0 Å². The summed E-state index contributed by atoms with van der Waals surface area (Å²) in [6.07, 6.45) is 2.00. The maximum Gasteiger partial charge on any atom is 0.293 e. The van der Waals surface area contributed by atoms with Gasteiger partial charge in [0.15, 0.2) is 11.5 Å². The first-order valence-corrected chi connectivity index (χ1v) is 8.69. The van der Waals surface area contributed by atoms with E-state index in [9.17, 15) is 14.9 Å². The summed E-state index contributed by atoms with van der Waals surface area (Å²) in [5.74, 6) is 0.621. The number of anilines is 2. The van der Waals surface area contributed by atoms with Crippen molar-refractivity contribution in [2.75, 3.05) is 24.4 Å². The summed E-state index contributed by atoms with van der Waals surface area (Å²) in [5, 5.41) is 17.2. The second-order valence-corrected chi connectivity index (χ2v) is 6.16. The molecule has 0 spiro atoms. The molecule has 1 saturated carbocycles. The Morgan fingerprint density at radius 3 is 2.63 bits per heavy atom. The van der Waals surface area contributed by atoms with E-state index >= 15 is 0 Å². The van der Waals surface area contributed by atoms with Crippen LogP contribution in [0.25, 0.3) is 0 Å². The molecule has 0 saturated heterocycles. The largest absolute Gasteiger partial charge is 0.493 e. The molecule has 1 aliphatic carbocycles. The molecule has 2 aromatic carbocycles. The average Bonchev–Trinajstić information content (AvgIpc) is 3.47. The normalized spacial score (nSPS) is 13.0. The van der Waals surface area contributed by atoms with Crippen molar-refractivity contribution < 1.29 is 19.2 Å². The van der Waals surface area contributed by atoms with Crippen molar-refractivity contribution in [2.45, 2.75) is 25.8 Å². The number of benzene rings is 2. The van der Waals surface area contributed by atoms with Crippen LogP contribution in [-0.4, -0.2) is 30.6 Å². The van der Waals surface area contributed by atoms with Crippen molar-refractivity contribution in [1.82, 2.24) is 0 Å². The molecule has 1 aliphatic rings. The Hall–Kier alpha value is -3.29. The second-order valence-electron chi connectivity index (χ2n) is 6.16. The van der Waals surface area contributed by atoms with E-state index in [0.29, 0.717) is 29.5 Å². The van der Waals surface area contributed by atoms with E-state index in [1.165, 1.54) is 13.2 Å². The van der Waals surface area contributed by atoms with Crippen molar-refractivity contribution in [3.05, 3.63) is 52.1 Å². The second kappa shape index (κ2) is 7.94. The van der Waals surface area contributed by atoms with Gasteiger partial charge in [-0.2, -0.15) is 0 Å². The molecular formula is C19H21N3O5. The van der Waals surface area contributed by atoms with Crippen LogP contribution in [0.2, 0.25) is 0 Å². The third-order valence-electron chi connectivity index (χ3n) is 4.11. The molecule has 0 aliphatic heterocycles. The van der Waals surface area contributed by atoms with Crippen LogP contribution in [0.15, 0.2) is 36.4 Å². The summed E-state index contributed by atoms with van der Waals surface area (Å²) in [4.78, 5) is 23.4. The third kappa shape index (κ3) is 4.46. The number of nitrogens with one attached hydrogen (secondary N) is 2. The van der Waals surface area contributed by atoms with Gasteiger partial charge >= 0.3 is 0 Å². The molecule has 8 heteroatoms. The van der Waals surface area contributed by atoms with E-state index in [1.807, 2.05) is 6.92 Å². The van der Waals surface area contributed by atoms with Crippen molar-refractivity contribution in [3.8, 4) is 11.5 Å². The lowest BCUT2D eigenvalue weighted by molar-refractivity contribution is -0.384. The molecule has 0 atom stereocenters. The summed E-state index contributed by atoms with van der Waals surface area (Å²) < 4.78 is 10.7. The number of carbonyl (C=O) groups is 1. The topological polar surface area (TPSA) is 103 Å². The zero-order chi connectivity index (χ0) is 19.4. The fraction of sp³-hybridized carbons (Fsp3) is 0.316. The molecular weight excluding hydrogens is 350 g/mol. The number of amides is 1. The first-order valence-electron chi connectivity index (χ1n) is 8.69. The molecule has 0 aromatic heterocycles. The van der Waals surface area contributed by atoms with Gasteiger partial charge < -0.3 is 20.1 Å². The number of hydrogen-bond donors (Lipinski definition) is 2. The highest BCUT2D eigenvalue weighted by atomic mass is 16.6. The van der Waals surface area contributed by atoms with Crippen LogP contribution in [0.4, 0.5) is 17.1 Å². The number of nitro groups is 1. The van der Waals surface area contributed by atoms with Crippen molar-refractivity contribution in [1.29, 1.82) is 0 Å². The molecule has 8 nitrogen and oxygen atoms in total. The Labute approximate surface area is 156 Å². The van der Waals surface area contributed by atoms with E-state index in [0.717, 1.165) is 12.8 Å². The van der Waals surface area contributed by atoms with Gasteiger partial charge in [-0.05, 0) is 44.0 Å².